The van der Waals surface area contributed by atoms with Crippen LogP contribution >= 0.6 is 23.6 Å². The van der Waals surface area contributed by atoms with Crippen molar-refractivity contribution in [1.82, 2.24) is 5.32 Å². The molecule has 0 fully saturated rings. The Hall–Kier alpha value is -0.940. The largest absolute Gasteiger partial charge is 0.393 e. The van der Waals surface area contributed by atoms with Gasteiger partial charge < -0.3 is 11.1 Å². The molecule has 0 aliphatic rings. The van der Waals surface area contributed by atoms with E-state index in [4.69, 9.17) is 18.0 Å². The Bertz CT molecular complexity index is 480. The van der Waals surface area contributed by atoms with Crippen molar-refractivity contribution in [1.29, 1.82) is 0 Å². The highest BCUT2D eigenvalue weighted by Gasteiger charge is 2.26. The van der Waals surface area contributed by atoms with Crippen molar-refractivity contribution in [3.05, 3.63) is 21.4 Å². The van der Waals surface area contributed by atoms with Crippen LogP contribution in [0, 0.1) is 25.7 Å². The minimum atomic E-state index is -0.405. The zero-order valence-corrected chi connectivity index (χ0v) is 13.7. The summed E-state index contributed by atoms with van der Waals surface area (Å²) in [6.45, 7) is 10.0. The minimum absolute atomic E-state index is 0.0203. The molecule has 0 radical (unpaired) electrons. The van der Waals surface area contributed by atoms with Crippen LogP contribution in [-0.2, 0) is 4.79 Å². The Labute approximate surface area is 124 Å². The number of thiocarbonyl (C=S) groups is 1. The van der Waals surface area contributed by atoms with Gasteiger partial charge in [0.05, 0.1) is 16.9 Å². The van der Waals surface area contributed by atoms with Crippen molar-refractivity contribution in [2.24, 2.45) is 17.6 Å². The third-order valence-corrected chi connectivity index (χ3v) is 4.40. The molecule has 0 aliphatic carbocycles. The van der Waals surface area contributed by atoms with Crippen LogP contribution in [0.15, 0.2) is 6.07 Å². The van der Waals surface area contributed by atoms with Crippen molar-refractivity contribution < 1.29 is 4.79 Å². The average Bonchev–Trinajstić information content (AvgIpc) is 2.56. The fraction of sp³-hybridized carbons (Fsp3) is 0.571. The number of hydrogen-bond acceptors (Lipinski definition) is 3. The average molecular weight is 298 g/mol. The van der Waals surface area contributed by atoms with Gasteiger partial charge in [0.1, 0.15) is 0 Å². The van der Waals surface area contributed by atoms with Crippen molar-refractivity contribution in [3.8, 4) is 0 Å². The zero-order chi connectivity index (χ0) is 14.7. The van der Waals surface area contributed by atoms with Gasteiger partial charge in [-0.1, -0.05) is 26.1 Å². The lowest BCUT2D eigenvalue weighted by Crippen LogP contribution is -2.41. The first-order chi connectivity index (χ1) is 8.73. The van der Waals surface area contributed by atoms with E-state index in [1.54, 1.807) is 11.3 Å². The molecule has 0 aliphatic heterocycles. The van der Waals surface area contributed by atoms with Crippen LogP contribution in [0.1, 0.15) is 42.1 Å². The standard InChI is InChI=1S/C14H22N2OS2/c1-7(2)12(13(15)18)14(17)16-9(4)11-6-8(3)19-10(11)5/h6-7,9,12H,1-5H3,(H2,15,18)(H,16,17). The van der Waals surface area contributed by atoms with Crippen molar-refractivity contribution >= 4 is 34.5 Å². The van der Waals surface area contributed by atoms with Gasteiger partial charge in [0.25, 0.3) is 0 Å². The minimum Gasteiger partial charge on any atom is -0.393 e. The number of amides is 1. The lowest BCUT2D eigenvalue weighted by molar-refractivity contribution is -0.124. The fourth-order valence-corrected chi connectivity index (χ4v) is 3.62. The van der Waals surface area contributed by atoms with Gasteiger partial charge >= 0.3 is 0 Å². The Morgan fingerprint density at radius 1 is 1.37 bits per heavy atom. The summed E-state index contributed by atoms with van der Waals surface area (Å²) in [7, 11) is 0. The molecule has 1 rings (SSSR count). The van der Waals surface area contributed by atoms with Crippen LogP contribution < -0.4 is 11.1 Å². The summed E-state index contributed by atoms with van der Waals surface area (Å²) in [4.78, 5) is 15.0. The van der Waals surface area contributed by atoms with Gasteiger partial charge in [0, 0.05) is 9.75 Å². The second-order valence-electron chi connectivity index (χ2n) is 5.22. The summed E-state index contributed by atoms with van der Waals surface area (Å²) < 4.78 is 0. The maximum Gasteiger partial charge on any atom is 0.230 e. The van der Waals surface area contributed by atoms with Gasteiger partial charge in [-0.15, -0.1) is 11.3 Å². The van der Waals surface area contributed by atoms with E-state index in [1.165, 1.54) is 15.3 Å². The Kier molecular flexibility index (Phi) is 5.50. The monoisotopic (exact) mass is 298 g/mol. The normalized spacial score (nSPS) is 14.2. The van der Waals surface area contributed by atoms with E-state index in [2.05, 4.69) is 25.2 Å². The van der Waals surface area contributed by atoms with Gasteiger partial charge in [-0.05, 0) is 38.3 Å². The van der Waals surface area contributed by atoms with E-state index in [9.17, 15) is 4.79 Å². The molecule has 1 amide bonds. The molecule has 0 spiro atoms. The van der Waals surface area contributed by atoms with Crippen LogP contribution in [0.3, 0.4) is 0 Å². The number of thiophene rings is 1. The molecule has 0 aromatic carbocycles. The lowest BCUT2D eigenvalue weighted by Gasteiger charge is -2.22. The van der Waals surface area contributed by atoms with Crippen LogP contribution in [0.25, 0.3) is 0 Å². The molecular weight excluding hydrogens is 276 g/mol. The first-order valence-corrected chi connectivity index (χ1v) is 7.63. The van der Waals surface area contributed by atoms with Crippen LogP contribution in [0.4, 0.5) is 0 Å². The van der Waals surface area contributed by atoms with E-state index in [1.807, 2.05) is 20.8 Å². The Morgan fingerprint density at radius 3 is 2.32 bits per heavy atom. The van der Waals surface area contributed by atoms with Crippen molar-refractivity contribution in [2.45, 2.75) is 40.7 Å². The molecule has 2 unspecified atom stereocenters. The third-order valence-electron chi connectivity index (χ3n) is 3.16. The number of aryl methyl sites for hydroxylation is 2. The summed E-state index contributed by atoms with van der Waals surface area (Å²) in [5, 5.41) is 3.01. The van der Waals surface area contributed by atoms with Gasteiger partial charge in [-0.25, -0.2) is 0 Å². The summed E-state index contributed by atoms with van der Waals surface area (Å²) in [6, 6.07) is 2.10. The second-order valence-corrected chi connectivity index (χ2v) is 7.15. The topological polar surface area (TPSA) is 55.1 Å². The fourth-order valence-electron chi connectivity index (χ4n) is 2.22. The SMILES string of the molecule is Cc1cc(C(C)NC(=O)C(C(N)=S)C(C)C)c(C)s1. The molecule has 0 saturated heterocycles. The molecule has 3 N–H and O–H groups in total. The molecule has 19 heavy (non-hydrogen) atoms. The van der Waals surface area contributed by atoms with E-state index >= 15 is 0 Å². The van der Waals surface area contributed by atoms with E-state index in [0.717, 1.165) is 0 Å². The van der Waals surface area contributed by atoms with Gasteiger partial charge in [-0.3, -0.25) is 4.79 Å². The predicted molar refractivity (Wildman–Crippen MR) is 85.5 cm³/mol. The molecule has 1 aromatic heterocycles. The quantitative estimate of drug-likeness (QED) is 0.821. The van der Waals surface area contributed by atoms with Crippen LogP contribution in [0.2, 0.25) is 0 Å². The molecule has 1 heterocycles. The summed E-state index contributed by atoms with van der Waals surface area (Å²) in [5.41, 5.74) is 6.83. The van der Waals surface area contributed by atoms with Crippen LogP contribution in [-0.4, -0.2) is 10.9 Å². The molecule has 106 valence electrons. The lowest BCUT2D eigenvalue weighted by atomic mass is 9.94. The van der Waals surface area contributed by atoms with Gasteiger partial charge in [0.15, 0.2) is 0 Å². The molecular formula is C14H22N2OS2. The van der Waals surface area contributed by atoms with Gasteiger partial charge in [-0.2, -0.15) is 0 Å². The number of carbonyl (C=O) groups excluding carboxylic acids is 1. The number of nitrogens with one attached hydrogen (secondary N) is 1. The molecule has 5 heteroatoms. The molecule has 1 aromatic rings. The smallest absolute Gasteiger partial charge is 0.230 e. The highest BCUT2D eigenvalue weighted by Crippen LogP contribution is 2.26. The molecule has 0 bridgehead atoms. The Balaban J connectivity index is 2.81. The number of rotatable bonds is 5. The first kappa shape index (κ1) is 16.1. The summed E-state index contributed by atoms with van der Waals surface area (Å²) >= 11 is 6.73. The Morgan fingerprint density at radius 2 is 1.95 bits per heavy atom. The highest BCUT2D eigenvalue weighted by molar-refractivity contribution is 7.80. The summed E-state index contributed by atoms with van der Waals surface area (Å²) in [6.07, 6.45) is 0. The maximum absolute atomic E-state index is 12.3. The van der Waals surface area contributed by atoms with Gasteiger partial charge in [0.2, 0.25) is 5.91 Å². The maximum atomic E-state index is 12.3. The number of carbonyl (C=O) groups is 1. The van der Waals surface area contributed by atoms with Crippen molar-refractivity contribution in [3.63, 3.8) is 0 Å². The van der Waals surface area contributed by atoms with E-state index in [0.29, 0.717) is 0 Å². The molecule has 0 saturated carbocycles. The third kappa shape index (κ3) is 4.01. The molecule has 2 atom stereocenters. The molecule has 3 nitrogen and oxygen atoms in total. The van der Waals surface area contributed by atoms with E-state index < -0.39 is 5.92 Å². The van der Waals surface area contributed by atoms with E-state index in [-0.39, 0.29) is 22.9 Å². The highest BCUT2D eigenvalue weighted by atomic mass is 32.1. The van der Waals surface area contributed by atoms with Crippen LogP contribution in [0.5, 0.6) is 0 Å². The zero-order valence-electron chi connectivity index (χ0n) is 12.1. The van der Waals surface area contributed by atoms with Crippen molar-refractivity contribution in [2.75, 3.05) is 0 Å². The summed E-state index contributed by atoms with van der Waals surface area (Å²) in [5.74, 6) is -0.384. The second kappa shape index (κ2) is 6.48. The number of hydrogen-bond donors (Lipinski definition) is 2. The predicted octanol–water partition coefficient (Wildman–Crippen LogP) is 3.10. The first-order valence-electron chi connectivity index (χ1n) is 6.40. The number of nitrogens with two attached hydrogens (primary N) is 1.